The van der Waals surface area contributed by atoms with Crippen LogP contribution >= 0.6 is 0 Å². The molecule has 2 atom stereocenters. The van der Waals surface area contributed by atoms with Crippen LogP contribution < -0.4 is 15.8 Å². The predicted octanol–water partition coefficient (Wildman–Crippen LogP) is 1.22. The number of nitrogens with one attached hydrogen (secondary N) is 3. The number of carbonyl (C=O) groups is 3. The Morgan fingerprint density at radius 3 is 2.29 bits per heavy atom. The van der Waals surface area contributed by atoms with Crippen molar-refractivity contribution in [3.8, 4) is 5.69 Å². The fraction of sp³-hybridized carbons (Fsp3) is 0.231. The first kappa shape index (κ1) is 34.2. The third kappa shape index (κ3) is 9.86. The number of rotatable bonds is 11. The first-order valence-corrected chi connectivity index (χ1v) is 14.1. The Kier molecular flexibility index (Phi) is 11.0. The molecular formula is C26H26F3N7O8S. The zero-order valence-corrected chi connectivity index (χ0v) is 23.7. The molecule has 240 valence electrons. The van der Waals surface area contributed by atoms with Crippen molar-refractivity contribution in [2.75, 3.05) is 6.54 Å². The van der Waals surface area contributed by atoms with Crippen LogP contribution in [0.3, 0.4) is 0 Å². The Morgan fingerprint density at radius 1 is 1.11 bits per heavy atom. The lowest BCUT2D eigenvalue weighted by Crippen LogP contribution is -2.48. The number of carboxylic acids is 2. The maximum Gasteiger partial charge on any atom is 0.490 e. The Bertz CT molecular complexity index is 1680. The van der Waals surface area contributed by atoms with Gasteiger partial charge in [-0.2, -0.15) is 23.0 Å². The zero-order chi connectivity index (χ0) is 33.4. The highest BCUT2D eigenvalue weighted by atomic mass is 32.2. The maximum absolute atomic E-state index is 12.7. The molecular weight excluding hydrogens is 627 g/mol. The van der Waals surface area contributed by atoms with Gasteiger partial charge < -0.3 is 26.1 Å². The molecule has 2 aromatic carbocycles. The number of carboxylic acid groups (broad SMARTS) is 2. The van der Waals surface area contributed by atoms with E-state index in [0.717, 1.165) is 11.8 Å². The van der Waals surface area contributed by atoms with Crippen LogP contribution in [0.5, 0.6) is 0 Å². The molecule has 3 aromatic rings. The smallest absolute Gasteiger partial charge is 0.480 e. The minimum atomic E-state index is -5.08. The van der Waals surface area contributed by atoms with Gasteiger partial charge >= 0.3 is 18.1 Å². The van der Waals surface area contributed by atoms with Crippen molar-refractivity contribution >= 4 is 39.4 Å². The first-order chi connectivity index (χ1) is 21.1. The number of sulfonamides is 1. The standard InChI is InChI=1S/C24H25N7O6S.C2HF3O2/c25-23(26)16-8-6-15(7-9-16)20-10-18(37-29-20)11-22(32)27-13-21(24(33)34)30-38(35,36)19-12-28-31(14-19)17-4-2-1-3-5-17;3-2(4,5)1(6)7/h1-9,12,14,18,21,30H,10-11,13H2,(H3,25,26)(H,27,32)(H,33,34);(H,6,7)/t18?,21-;/m0./s1. The first-order valence-electron chi connectivity index (χ1n) is 12.7. The van der Waals surface area contributed by atoms with Crippen LogP contribution in [0.25, 0.3) is 5.69 Å². The average molecular weight is 654 g/mol. The molecule has 0 radical (unpaired) electrons. The van der Waals surface area contributed by atoms with Crippen molar-refractivity contribution in [3.05, 3.63) is 78.1 Å². The summed E-state index contributed by atoms with van der Waals surface area (Å²) in [7, 11) is -4.24. The fourth-order valence-corrected chi connectivity index (χ4v) is 4.77. The van der Waals surface area contributed by atoms with Gasteiger partial charge in [0.25, 0.3) is 0 Å². The Balaban J connectivity index is 0.000000707. The van der Waals surface area contributed by atoms with Gasteiger partial charge in [-0.1, -0.05) is 47.6 Å². The van der Waals surface area contributed by atoms with E-state index in [9.17, 15) is 36.3 Å². The largest absolute Gasteiger partial charge is 0.490 e. The number of nitrogens with zero attached hydrogens (tertiary/aromatic N) is 3. The number of aliphatic carboxylic acids is 2. The van der Waals surface area contributed by atoms with Crippen molar-refractivity contribution in [2.24, 2.45) is 10.9 Å². The summed E-state index contributed by atoms with van der Waals surface area (Å²) in [5, 5.41) is 34.5. The van der Waals surface area contributed by atoms with Gasteiger partial charge in [-0.3, -0.25) is 15.0 Å². The Hall–Kier alpha value is -5.30. The number of hydrogen-bond donors (Lipinski definition) is 6. The third-order valence-corrected chi connectivity index (χ3v) is 7.33. The number of hydrogen-bond acceptors (Lipinski definition) is 9. The molecule has 1 aliphatic heterocycles. The Morgan fingerprint density at radius 2 is 1.73 bits per heavy atom. The molecule has 2 heterocycles. The van der Waals surface area contributed by atoms with Crippen molar-refractivity contribution in [2.45, 2.75) is 36.1 Å². The van der Waals surface area contributed by atoms with E-state index in [0.29, 0.717) is 23.4 Å². The van der Waals surface area contributed by atoms with Crippen molar-refractivity contribution in [1.82, 2.24) is 19.8 Å². The number of halogens is 3. The van der Waals surface area contributed by atoms with Gasteiger partial charge in [-0.25, -0.2) is 17.9 Å². The molecule has 15 nitrogen and oxygen atoms in total. The minimum absolute atomic E-state index is 0.0556. The SMILES string of the molecule is N=C(N)c1ccc(C2=NOC(CC(=O)NC[C@H](NS(=O)(=O)c3cnn(-c4ccccc4)c3)C(=O)O)C2)cc1.O=C(O)C(F)(F)F. The number of para-hydroxylation sites is 1. The highest BCUT2D eigenvalue weighted by molar-refractivity contribution is 7.89. The van der Waals surface area contributed by atoms with E-state index < -0.39 is 52.7 Å². The second-order valence-corrected chi connectivity index (χ2v) is 11.0. The molecule has 1 amide bonds. The summed E-state index contributed by atoms with van der Waals surface area (Å²) >= 11 is 0. The normalized spacial score (nSPS) is 15.1. The number of amidine groups is 1. The molecule has 0 saturated carbocycles. The fourth-order valence-electron chi connectivity index (χ4n) is 3.65. The number of oxime groups is 1. The molecule has 1 aromatic heterocycles. The average Bonchev–Trinajstić information content (AvgIpc) is 3.66. The lowest BCUT2D eigenvalue weighted by atomic mass is 10.0. The molecule has 4 rings (SSSR count). The van der Waals surface area contributed by atoms with E-state index in [2.05, 4.69) is 20.3 Å². The van der Waals surface area contributed by atoms with Crippen LogP contribution in [0.1, 0.15) is 24.0 Å². The highest BCUT2D eigenvalue weighted by Gasteiger charge is 2.38. The predicted molar refractivity (Wildman–Crippen MR) is 150 cm³/mol. The number of nitrogen functional groups attached to an aromatic ring is 1. The highest BCUT2D eigenvalue weighted by Crippen LogP contribution is 2.20. The molecule has 0 spiro atoms. The van der Waals surface area contributed by atoms with Crippen LogP contribution in [0.2, 0.25) is 0 Å². The van der Waals surface area contributed by atoms with Crippen LogP contribution in [0.4, 0.5) is 13.2 Å². The number of carbonyl (C=O) groups excluding carboxylic acids is 1. The van der Waals surface area contributed by atoms with Crippen LogP contribution in [-0.2, 0) is 29.2 Å². The molecule has 7 N–H and O–H groups in total. The van der Waals surface area contributed by atoms with E-state index in [4.69, 9.17) is 25.9 Å². The summed E-state index contributed by atoms with van der Waals surface area (Å²) in [6.45, 7) is -0.479. The van der Waals surface area contributed by atoms with E-state index >= 15 is 0 Å². The van der Waals surface area contributed by atoms with Gasteiger partial charge in [-0.05, 0) is 17.7 Å². The zero-order valence-electron chi connectivity index (χ0n) is 22.9. The Labute approximate surface area is 253 Å². The summed E-state index contributed by atoms with van der Waals surface area (Å²) in [5.74, 6) is -4.80. The molecule has 0 bridgehead atoms. The second kappa shape index (κ2) is 14.4. The number of aromatic nitrogens is 2. The lowest BCUT2D eigenvalue weighted by Gasteiger charge is -2.15. The van der Waals surface area contributed by atoms with Gasteiger partial charge in [0.15, 0.2) is 0 Å². The summed E-state index contributed by atoms with van der Waals surface area (Å²) in [6.07, 6.45) is -3.05. The molecule has 0 saturated heterocycles. The van der Waals surface area contributed by atoms with Crippen LogP contribution in [0, 0.1) is 5.41 Å². The summed E-state index contributed by atoms with van der Waals surface area (Å²) in [4.78, 5) is 38.1. The van der Waals surface area contributed by atoms with E-state index in [-0.39, 0.29) is 17.2 Å². The quantitative estimate of drug-likeness (QED) is 0.128. The van der Waals surface area contributed by atoms with Crippen LogP contribution in [-0.4, -0.2) is 82.7 Å². The van der Waals surface area contributed by atoms with Gasteiger partial charge in [0, 0.05) is 18.5 Å². The number of amides is 1. The minimum Gasteiger partial charge on any atom is -0.480 e. The van der Waals surface area contributed by atoms with Crippen molar-refractivity contribution < 1.29 is 51.0 Å². The molecule has 1 aliphatic rings. The third-order valence-electron chi connectivity index (χ3n) is 5.91. The van der Waals surface area contributed by atoms with Crippen LogP contribution in [0.15, 0.2) is 77.0 Å². The number of nitrogens with two attached hydrogens (primary N) is 1. The van der Waals surface area contributed by atoms with E-state index in [1.165, 1.54) is 10.9 Å². The van der Waals surface area contributed by atoms with Gasteiger partial charge in [0.05, 0.1) is 30.2 Å². The summed E-state index contributed by atoms with van der Waals surface area (Å²) < 4.78 is 60.7. The van der Waals surface area contributed by atoms with Crippen molar-refractivity contribution in [1.29, 1.82) is 5.41 Å². The molecule has 0 fully saturated rings. The van der Waals surface area contributed by atoms with Crippen molar-refractivity contribution in [3.63, 3.8) is 0 Å². The molecule has 0 aliphatic carbocycles. The molecule has 1 unspecified atom stereocenters. The monoisotopic (exact) mass is 653 g/mol. The maximum atomic E-state index is 12.7. The van der Waals surface area contributed by atoms with E-state index in [1.54, 1.807) is 54.6 Å². The lowest BCUT2D eigenvalue weighted by molar-refractivity contribution is -0.192. The number of alkyl halides is 3. The van der Waals surface area contributed by atoms with E-state index in [1.807, 2.05) is 0 Å². The summed E-state index contributed by atoms with van der Waals surface area (Å²) in [6, 6.07) is 14.0. The molecule has 45 heavy (non-hydrogen) atoms. The van der Waals surface area contributed by atoms with Gasteiger partial charge in [0.2, 0.25) is 15.9 Å². The topological polar surface area (TPSA) is 239 Å². The second-order valence-electron chi connectivity index (χ2n) is 9.24. The van der Waals surface area contributed by atoms with Gasteiger partial charge in [0.1, 0.15) is 22.9 Å². The summed E-state index contributed by atoms with van der Waals surface area (Å²) in [5.41, 5.74) is 8.03. The molecule has 19 heteroatoms. The number of benzene rings is 2. The van der Waals surface area contributed by atoms with Gasteiger partial charge in [-0.15, -0.1) is 0 Å².